The minimum Gasteiger partial charge on any atom is -0.337 e. The van der Waals surface area contributed by atoms with Crippen molar-refractivity contribution in [3.63, 3.8) is 0 Å². The second kappa shape index (κ2) is 9.25. The quantitative estimate of drug-likeness (QED) is 0.528. The maximum absolute atomic E-state index is 13.3. The Morgan fingerprint density at radius 1 is 1.13 bits per heavy atom. The first-order valence-electron chi connectivity index (χ1n) is 9.58. The van der Waals surface area contributed by atoms with Crippen LogP contribution >= 0.6 is 0 Å². The molecule has 0 N–H and O–H groups in total. The van der Waals surface area contributed by atoms with Crippen molar-refractivity contribution in [2.45, 2.75) is 25.9 Å². The van der Waals surface area contributed by atoms with Gasteiger partial charge in [0, 0.05) is 12.6 Å². The number of benzene rings is 2. The second-order valence-electron chi connectivity index (χ2n) is 7.03. The fourth-order valence-electron chi connectivity index (χ4n) is 3.19. The molecule has 0 aliphatic carbocycles. The normalized spacial score (nSPS) is 12.4. The highest BCUT2D eigenvalue weighted by Gasteiger charge is 2.33. The van der Waals surface area contributed by atoms with E-state index >= 15 is 0 Å². The molecule has 0 spiro atoms. The number of hydrogen-bond acceptors (Lipinski definition) is 6. The summed E-state index contributed by atoms with van der Waals surface area (Å²) in [6.45, 7) is 1.72. The van der Waals surface area contributed by atoms with Crippen LogP contribution in [0.5, 0.6) is 0 Å². The number of amides is 1. The molecule has 1 amide bonds. The van der Waals surface area contributed by atoms with Gasteiger partial charge in [-0.2, -0.15) is 4.98 Å². The maximum atomic E-state index is 13.3. The monoisotopic (exact) mass is 446 g/mol. The number of nitrogens with zero attached hydrogens (tertiary/aromatic N) is 4. The van der Waals surface area contributed by atoms with E-state index in [0.29, 0.717) is 5.82 Å². The first kappa shape index (κ1) is 22.4. The van der Waals surface area contributed by atoms with Gasteiger partial charge in [0.25, 0.3) is 0 Å². The summed E-state index contributed by atoms with van der Waals surface area (Å²) < 4.78 is 44.5. The molecule has 10 heteroatoms. The lowest BCUT2D eigenvalue weighted by Crippen LogP contribution is -2.49. The molecule has 0 aliphatic rings. The lowest BCUT2D eigenvalue weighted by molar-refractivity contribution is -0.132. The zero-order valence-electron chi connectivity index (χ0n) is 17.4. The van der Waals surface area contributed by atoms with E-state index in [4.69, 9.17) is 4.52 Å². The minimum absolute atomic E-state index is 0.0101. The molecule has 3 rings (SSSR count). The van der Waals surface area contributed by atoms with Gasteiger partial charge < -0.3 is 9.42 Å². The Kier molecular flexibility index (Phi) is 6.69. The third-order valence-corrected chi connectivity index (χ3v) is 5.82. The maximum Gasteiger partial charge on any atom is 0.246 e. The molecule has 0 unspecified atom stereocenters. The third-order valence-electron chi connectivity index (χ3n) is 4.64. The van der Waals surface area contributed by atoms with Crippen LogP contribution in [0.3, 0.4) is 0 Å². The number of carbonyl (C=O) groups excluding carboxylic acids is 1. The van der Waals surface area contributed by atoms with Crippen LogP contribution in [0.25, 0.3) is 11.4 Å². The van der Waals surface area contributed by atoms with Crippen molar-refractivity contribution in [2.75, 3.05) is 17.6 Å². The number of rotatable bonds is 8. The van der Waals surface area contributed by atoms with Crippen LogP contribution in [0.4, 0.5) is 10.1 Å². The highest BCUT2D eigenvalue weighted by atomic mass is 32.2. The van der Waals surface area contributed by atoms with Crippen molar-refractivity contribution in [3.8, 4) is 11.4 Å². The van der Waals surface area contributed by atoms with Crippen molar-refractivity contribution in [2.24, 2.45) is 0 Å². The van der Waals surface area contributed by atoms with Crippen molar-refractivity contribution in [1.29, 1.82) is 0 Å². The Balaban J connectivity index is 1.81. The highest BCUT2D eigenvalue weighted by Crippen LogP contribution is 2.24. The van der Waals surface area contributed by atoms with Crippen molar-refractivity contribution in [1.82, 2.24) is 15.0 Å². The van der Waals surface area contributed by atoms with E-state index in [-0.39, 0.29) is 24.5 Å². The molecule has 0 radical (unpaired) electrons. The Hall–Kier alpha value is -3.27. The molecule has 0 aliphatic heterocycles. The SMILES string of the molecule is CC[C@H](C(=O)N(C)Cc1nc(-c2ccccc2)no1)N(c1ccc(F)cc1)S(C)(=O)=O. The summed E-state index contributed by atoms with van der Waals surface area (Å²) in [5, 5.41) is 3.93. The van der Waals surface area contributed by atoms with Gasteiger partial charge in [0.05, 0.1) is 18.5 Å². The third kappa shape index (κ3) is 5.26. The fourth-order valence-corrected chi connectivity index (χ4v) is 4.40. The Morgan fingerprint density at radius 3 is 2.35 bits per heavy atom. The molecule has 0 fully saturated rings. The van der Waals surface area contributed by atoms with E-state index in [2.05, 4.69) is 10.1 Å². The molecular weight excluding hydrogens is 423 g/mol. The Morgan fingerprint density at radius 2 is 1.77 bits per heavy atom. The number of anilines is 1. The average Bonchev–Trinajstić information content (AvgIpc) is 3.20. The lowest BCUT2D eigenvalue weighted by atomic mass is 10.1. The molecule has 8 nitrogen and oxygen atoms in total. The van der Waals surface area contributed by atoms with E-state index in [1.165, 1.54) is 24.1 Å². The van der Waals surface area contributed by atoms with Gasteiger partial charge in [0.2, 0.25) is 27.6 Å². The molecule has 1 heterocycles. The molecular formula is C21H23FN4O4S. The van der Waals surface area contributed by atoms with Gasteiger partial charge in [-0.25, -0.2) is 12.8 Å². The molecule has 164 valence electrons. The number of halogens is 1. The van der Waals surface area contributed by atoms with E-state index in [9.17, 15) is 17.6 Å². The summed E-state index contributed by atoms with van der Waals surface area (Å²) in [6, 6.07) is 13.2. The highest BCUT2D eigenvalue weighted by molar-refractivity contribution is 7.92. The predicted molar refractivity (Wildman–Crippen MR) is 114 cm³/mol. The van der Waals surface area contributed by atoms with Crippen LogP contribution in [0.2, 0.25) is 0 Å². The first-order valence-corrected chi connectivity index (χ1v) is 11.4. The Labute approximate surface area is 180 Å². The van der Waals surface area contributed by atoms with Gasteiger partial charge in [-0.3, -0.25) is 9.10 Å². The van der Waals surface area contributed by atoms with Crippen molar-refractivity contribution in [3.05, 3.63) is 66.3 Å². The first-order chi connectivity index (χ1) is 14.7. The molecule has 3 aromatic rings. The van der Waals surface area contributed by atoms with Crippen LogP contribution in [-0.4, -0.2) is 48.7 Å². The summed E-state index contributed by atoms with van der Waals surface area (Å²) in [7, 11) is -2.28. The van der Waals surface area contributed by atoms with E-state index in [0.717, 1.165) is 28.3 Å². The van der Waals surface area contributed by atoms with Gasteiger partial charge in [-0.05, 0) is 30.7 Å². The van der Waals surface area contributed by atoms with Crippen molar-refractivity contribution >= 4 is 21.6 Å². The van der Waals surface area contributed by atoms with Gasteiger partial charge in [0.1, 0.15) is 11.9 Å². The molecule has 0 bridgehead atoms. The molecule has 2 aromatic carbocycles. The number of sulfonamides is 1. The average molecular weight is 447 g/mol. The molecule has 1 aromatic heterocycles. The molecule has 1 atom stereocenters. The second-order valence-corrected chi connectivity index (χ2v) is 8.89. The standard InChI is InChI=1S/C21H23FN4O4S/c1-4-18(26(31(3,28)29)17-12-10-16(22)11-13-17)21(27)25(2)14-19-23-20(24-30-19)15-8-6-5-7-9-15/h5-13,18H,4,14H2,1-3H3/t18-/m1/s1. The topological polar surface area (TPSA) is 96.6 Å². The van der Waals surface area contributed by atoms with Gasteiger partial charge >= 0.3 is 0 Å². The van der Waals surface area contributed by atoms with Crippen LogP contribution in [-0.2, 0) is 21.4 Å². The van der Waals surface area contributed by atoms with Crippen LogP contribution in [0.15, 0.2) is 59.1 Å². The van der Waals surface area contributed by atoms with E-state index < -0.39 is 27.8 Å². The van der Waals surface area contributed by atoms with Crippen LogP contribution in [0.1, 0.15) is 19.2 Å². The summed E-state index contributed by atoms with van der Waals surface area (Å²) in [6.07, 6.45) is 1.23. The Bertz CT molecular complexity index is 1130. The van der Waals surface area contributed by atoms with Gasteiger partial charge in [0.15, 0.2) is 0 Å². The predicted octanol–water partition coefficient (Wildman–Crippen LogP) is 3.08. The largest absolute Gasteiger partial charge is 0.337 e. The van der Waals surface area contributed by atoms with Gasteiger partial charge in [-0.1, -0.05) is 42.4 Å². The fraction of sp³-hybridized carbons (Fsp3) is 0.286. The number of aromatic nitrogens is 2. The van der Waals surface area contributed by atoms with Gasteiger partial charge in [-0.15, -0.1) is 0 Å². The number of carbonyl (C=O) groups is 1. The van der Waals surface area contributed by atoms with E-state index in [1.807, 2.05) is 30.3 Å². The molecule has 31 heavy (non-hydrogen) atoms. The summed E-state index contributed by atoms with van der Waals surface area (Å²) in [4.78, 5) is 18.8. The zero-order valence-corrected chi connectivity index (χ0v) is 18.2. The van der Waals surface area contributed by atoms with Crippen LogP contribution in [0, 0.1) is 5.82 Å². The number of likely N-dealkylation sites (N-methyl/N-ethyl adjacent to an activating group) is 1. The smallest absolute Gasteiger partial charge is 0.246 e. The molecule has 0 saturated carbocycles. The van der Waals surface area contributed by atoms with Crippen LogP contribution < -0.4 is 4.31 Å². The lowest BCUT2D eigenvalue weighted by Gasteiger charge is -2.32. The van der Waals surface area contributed by atoms with E-state index in [1.54, 1.807) is 6.92 Å². The number of hydrogen-bond donors (Lipinski definition) is 0. The molecule has 0 saturated heterocycles. The summed E-state index contributed by atoms with van der Waals surface area (Å²) in [5.41, 5.74) is 0.985. The zero-order chi connectivity index (χ0) is 22.6. The minimum atomic E-state index is -3.81. The summed E-state index contributed by atoms with van der Waals surface area (Å²) in [5.74, 6) is -0.333. The van der Waals surface area contributed by atoms with Crippen molar-refractivity contribution < 1.29 is 22.1 Å². The summed E-state index contributed by atoms with van der Waals surface area (Å²) >= 11 is 0.